The van der Waals surface area contributed by atoms with E-state index in [1.165, 1.54) is 5.56 Å². The molecule has 0 unspecified atom stereocenters. The largest absolute Gasteiger partial charge is 0.494 e. The second kappa shape index (κ2) is 7.49. The predicted octanol–water partition coefficient (Wildman–Crippen LogP) is 3.97. The number of ether oxygens (including phenoxy) is 1. The van der Waals surface area contributed by atoms with E-state index in [9.17, 15) is 0 Å². The molecule has 3 aromatic rings. The molecule has 0 radical (unpaired) electrons. The van der Waals surface area contributed by atoms with Crippen LogP contribution >= 0.6 is 11.8 Å². The second-order valence-corrected chi connectivity index (χ2v) is 6.44. The van der Waals surface area contributed by atoms with Crippen LogP contribution in [0, 0.1) is 13.8 Å². The van der Waals surface area contributed by atoms with Crippen molar-refractivity contribution < 1.29 is 4.74 Å². The third-order valence-corrected chi connectivity index (χ3v) is 4.62. The quantitative estimate of drug-likeness (QED) is 0.636. The van der Waals surface area contributed by atoms with E-state index < -0.39 is 0 Å². The number of nitrogens with zero attached hydrogens (tertiary/aromatic N) is 4. The number of rotatable bonds is 6. The van der Waals surface area contributed by atoms with Gasteiger partial charge in [0.15, 0.2) is 0 Å². The normalized spacial score (nSPS) is 10.8. The molecule has 1 aromatic heterocycles. The van der Waals surface area contributed by atoms with Gasteiger partial charge in [0.25, 0.3) is 0 Å². The maximum atomic E-state index is 5.68. The molecule has 0 aliphatic heterocycles. The van der Waals surface area contributed by atoms with Gasteiger partial charge in [-0.05, 0) is 48.9 Å². The van der Waals surface area contributed by atoms with Crippen molar-refractivity contribution in [3.8, 4) is 11.4 Å². The van der Waals surface area contributed by atoms with Crippen molar-refractivity contribution in [1.82, 2.24) is 20.2 Å². The molecule has 0 aliphatic carbocycles. The number of aromatic nitrogens is 4. The molecule has 0 amide bonds. The van der Waals surface area contributed by atoms with E-state index in [1.807, 2.05) is 25.1 Å². The van der Waals surface area contributed by atoms with E-state index in [-0.39, 0.29) is 0 Å². The summed E-state index contributed by atoms with van der Waals surface area (Å²) in [4.78, 5) is 0. The molecule has 24 heavy (non-hydrogen) atoms. The van der Waals surface area contributed by atoms with Crippen molar-refractivity contribution >= 4 is 11.8 Å². The maximum Gasteiger partial charge on any atom is 0.214 e. The van der Waals surface area contributed by atoms with E-state index in [0.717, 1.165) is 33.5 Å². The van der Waals surface area contributed by atoms with Crippen LogP contribution in [0.25, 0.3) is 5.69 Å². The molecule has 3 rings (SSSR count). The lowest BCUT2D eigenvalue weighted by molar-refractivity contribution is 0.337. The highest BCUT2D eigenvalue weighted by Gasteiger charge is 2.12. The van der Waals surface area contributed by atoms with Crippen LogP contribution in [0.5, 0.6) is 5.75 Å². The summed E-state index contributed by atoms with van der Waals surface area (Å²) in [5.74, 6) is 1.67. The van der Waals surface area contributed by atoms with Gasteiger partial charge in [0.2, 0.25) is 5.16 Å². The topological polar surface area (TPSA) is 52.8 Å². The molecule has 124 valence electrons. The summed E-state index contributed by atoms with van der Waals surface area (Å²) in [6.45, 7) is 6.80. The van der Waals surface area contributed by atoms with Gasteiger partial charge in [0.05, 0.1) is 12.3 Å². The summed E-state index contributed by atoms with van der Waals surface area (Å²) < 4.78 is 7.48. The van der Waals surface area contributed by atoms with E-state index >= 15 is 0 Å². The van der Waals surface area contributed by atoms with Crippen LogP contribution in [-0.2, 0) is 5.75 Å². The first-order valence-corrected chi connectivity index (χ1v) is 8.87. The Kier molecular flexibility index (Phi) is 5.15. The minimum atomic E-state index is 0.655. The third kappa shape index (κ3) is 3.59. The molecule has 1 heterocycles. The number of tetrazole rings is 1. The van der Waals surface area contributed by atoms with Crippen molar-refractivity contribution in [2.45, 2.75) is 31.7 Å². The third-order valence-electron chi connectivity index (χ3n) is 3.65. The van der Waals surface area contributed by atoms with Gasteiger partial charge in [-0.1, -0.05) is 47.7 Å². The number of aryl methyl sites for hydroxylation is 2. The molecule has 0 saturated heterocycles. The highest BCUT2D eigenvalue weighted by molar-refractivity contribution is 7.98. The van der Waals surface area contributed by atoms with Crippen LogP contribution in [0.2, 0.25) is 0 Å². The standard InChI is InChI=1S/C18H20N4OS/c1-4-23-17-8-6-5-7-15(17)12-24-18-19-20-21-22(18)16-10-9-13(2)11-14(16)3/h5-11H,4,12H2,1-3H3. The van der Waals surface area contributed by atoms with Crippen LogP contribution in [0.4, 0.5) is 0 Å². The molecule has 0 saturated carbocycles. The minimum Gasteiger partial charge on any atom is -0.494 e. The Morgan fingerprint density at radius 3 is 2.75 bits per heavy atom. The fourth-order valence-corrected chi connectivity index (χ4v) is 3.40. The molecule has 5 nitrogen and oxygen atoms in total. The molecule has 2 aromatic carbocycles. The molecular weight excluding hydrogens is 320 g/mol. The molecule has 0 spiro atoms. The predicted molar refractivity (Wildman–Crippen MR) is 95.8 cm³/mol. The van der Waals surface area contributed by atoms with Gasteiger partial charge in [-0.2, -0.15) is 4.68 Å². The van der Waals surface area contributed by atoms with Crippen molar-refractivity contribution in [2.75, 3.05) is 6.61 Å². The second-order valence-electron chi connectivity index (χ2n) is 5.49. The lowest BCUT2D eigenvalue weighted by atomic mass is 10.1. The highest BCUT2D eigenvalue weighted by atomic mass is 32.2. The Bertz CT molecular complexity index is 831. The van der Waals surface area contributed by atoms with Crippen LogP contribution in [0.15, 0.2) is 47.6 Å². The van der Waals surface area contributed by atoms with Gasteiger partial charge in [0.1, 0.15) is 5.75 Å². The van der Waals surface area contributed by atoms with Gasteiger partial charge >= 0.3 is 0 Å². The molecule has 0 N–H and O–H groups in total. The number of thioether (sulfide) groups is 1. The van der Waals surface area contributed by atoms with E-state index in [0.29, 0.717) is 6.61 Å². The fraction of sp³-hybridized carbons (Fsp3) is 0.278. The van der Waals surface area contributed by atoms with Crippen molar-refractivity contribution in [3.05, 3.63) is 59.2 Å². The Morgan fingerprint density at radius 1 is 1.12 bits per heavy atom. The summed E-state index contributed by atoms with van der Waals surface area (Å²) >= 11 is 1.60. The summed E-state index contributed by atoms with van der Waals surface area (Å²) in [6, 6.07) is 14.3. The average Bonchev–Trinajstić information content (AvgIpc) is 3.02. The zero-order chi connectivity index (χ0) is 16.9. The lowest BCUT2D eigenvalue weighted by Crippen LogP contribution is -2.02. The van der Waals surface area contributed by atoms with Crippen molar-refractivity contribution in [3.63, 3.8) is 0 Å². The van der Waals surface area contributed by atoms with Gasteiger partial charge in [-0.15, -0.1) is 5.10 Å². The van der Waals surface area contributed by atoms with E-state index in [2.05, 4.69) is 53.6 Å². The van der Waals surface area contributed by atoms with Gasteiger partial charge < -0.3 is 4.74 Å². The first-order valence-electron chi connectivity index (χ1n) is 7.88. The fourth-order valence-electron chi connectivity index (χ4n) is 2.52. The van der Waals surface area contributed by atoms with E-state index in [4.69, 9.17) is 4.74 Å². The zero-order valence-electron chi connectivity index (χ0n) is 14.1. The Hall–Kier alpha value is -2.34. The Labute approximate surface area is 146 Å². The summed E-state index contributed by atoms with van der Waals surface area (Å²) in [5, 5.41) is 12.9. The van der Waals surface area contributed by atoms with Crippen molar-refractivity contribution in [1.29, 1.82) is 0 Å². The number of benzene rings is 2. The number of hydrogen-bond acceptors (Lipinski definition) is 5. The van der Waals surface area contributed by atoms with Crippen LogP contribution in [-0.4, -0.2) is 26.8 Å². The van der Waals surface area contributed by atoms with Crippen molar-refractivity contribution in [2.24, 2.45) is 0 Å². The van der Waals surface area contributed by atoms with Gasteiger partial charge in [-0.25, -0.2) is 0 Å². The SMILES string of the molecule is CCOc1ccccc1CSc1nnnn1-c1ccc(C)cc1C. The summed E-state index contributed by atoms with van der Waals surface area (Å²) in [5.41, 5.74) is 4.52. The first kappa shape index (κ1) is 16.5. The van der Waals surface area contributed by atoms with Crippen LogP contribution < -0.4 is 4.74 Å². The monoisotopic (exact) mass is 340 g/mol. The molecule has 0 fully saturated rings. The smallest absolute Gasteiger partial charge is 0.214 e. The summed E-state index contributed by atoms with van der Waals surface area (Å²) in [7, 11) is 0. The molecule has 0 bridgehead atoms. The summed E-state index contributed by atoms with van der Waals surface area (Å²) in [6.07, 6.45) is 0. The molecule has 6 heteroatoms. The Balaban J connectivity index is 1.82. The number of para-hydroxylation sites is 1. The highest BCUT2D eigenvalue weighted by Crippen LogP contribution is 2.28. The first-order chi connectivity index (χ1) is 11.7. The van der Waals surface area contributed by atoms with E-state index in [1.54, 1.807) is 16.4 Å². The molecular formula is C18H20N4OS. The molecule has 0 atom stereocenters. The lowest BCUT2D eigenvalue weighted by Gasteiger charge is -2.10. The van der Waals surface area contributed by atoms with Gasteiger partial charge in [-0.3, -0.25) is 0 Å². The minimum absolute atomic E-state index is 0.655. The van der Waals surface area contributed by atoms with Crippen LogP contribution in [0.1, 0.15) is 23.6 Å². The maximum absolute atomic E-state index is 5.68. The molecule has 0 aliphatic rings. The Morgan fingerprint density at radius 2 is 1.96 bits per heavy atom. The van der Waals surface area contributed by atoms with Gasteiger partial charge in [0, 0.05) is 11.3 Å². The van der Waals surface area contributed by atoms with Crippen LogP contribution in [0.3, 0.4) is 0 Å². The zero-order valence-corrected chi connectivity index (χ0v) is 14.9. The average molecular weight is 340 g/mol. The number of hydrogen-bond donors (Lipinski definition) is 0.